The van der Waals surface area contributed by atoms with E-state index in [0.717, 1.165) is 18.4 Å². The van der Waals surface area contributed by atoms with E-state index in [4.69, 9.17) is 17.3 Å². The molecule has 28 heavy (non-hydrogen) atoms. The van der Waals surface area contributed by atoms with E-state index in [2.05, 4.69) is 22.8 Å². The fraction of sp³-hybridized carbons (Fsp3) is 0.318. The van der Waals surface area contributed by atoms with Crippen LogP contribution in [-0.2, 0) is 22.4 Å². The predicted molar refractivity (Wildman–Crippen MR) is 114 cm³/mol. The molecule has 1 amide bonds. The maximum atomic E-state index is 12.1. The highest BCUT2D eigenvalue weighted by molar-refractivity contribution is 7.80. The van der Waals surface area contributed by atoms with Gasteiger partial charge in [0.25, 0.3) is 0 Å². The zero-order valence-electron chi connectivity index (χ0n) is 15.8. The first-order chi connectivity index (χ1) is 13.5. The molecule has 0 aliphatic rings. The molecule has 0 aliphatic carbocycles. The molecule has 0 aliphatic heterocycles. The Morgan fingerprint density at radius 3 is 2.14 bits per heavy atom. The van der Waals surface area contributed by atoms with E-state index in [1.54, 1.807) is 0 Å². The average molecular weight is 399 g/mol. The number of nitrogens with one attached hydrogen (secondary N) is 2. The molecular weight excluding hydrogens is 372 g/mol. The number of carbonyl (C=O) groups excluding carboxylic acids is 1. The van der Waals surface area contributed by atoms with Crippen LogP contribution in [0.1, 0.15) is 30.4 Å². The van der Waals surface area contributed by atoms with Gasteiger partial charge in [-0.2, -0.15) is 0 Å². The molecule has 2 aromatic carbocycles. The summed E-state index contributed by atoms with van der Waals surface area (Å²) in [4.78, 5) is 23.4. The SMILES string of the molecule is O=C(O)CCC(=O)N[C@@H](Cc1ccccc1)C(=S)NCCCc1ccccc1. The molecule has 5 nitrogen and oxygen atoms in total. The van der Waals surface area contributed by atoms with E-state index in [1.807, 2.05) is 48.5 Å². The summed E-state index contributed by atoms with van der Waals surface area (Å²) in [6.45, 7) is 0.712. The highest BCUT2D eigenvalue weighted by Gasteiger charge is 2.18. The average Bonchev–Trinajstić information content (AvgIpc) is 2.70. The van der Waals surface area contributed by atoms with Crippen LogP contribution in [-0.4, -0.2) is 34.6 Å². The standard InChI is InChI=1S/C22H26N2O3S/c25-20(13-14-21(26)27)24-19(16-18-10-5-2-6-11-18)22(28)23-15-7-12-17-8-3-1-4-9-17/h1-6,8-11,19H,7,12-16H2,(H,23,28)(H,24,25)(H,26,27)/t19-/m0/s1. The van der Waals surface area contributed by atoms with Crippen LogP contribution in [0.2, 0.25) is 0 Å². The van der Waals surface area contributed by atoms with E-state index in [0.29, 0.717) is 18.0 Å². The summed E-state index contributed by atoms with van der Waals surface area (Å²) < 4.78 is 0. The van der Waals surface area contributed by atoms with Gasteiger partial charge < -0.3 is 15.7 Å². The Hall–Kier alpha value is -2.73. The molecule has 6 heteroatoms. The molecule has 0 heterocycles. The van der Waals surface area contributed by atoms with Crippen molar-refractivity contribution < 1.29 is 14.7 Å². The number of aliphatic carboxylic acids is 1. The molecule has 0 unspecified atom stereocenters. The second-order valence-corrected chi connectivity index (χ2v) is 7.02. The molecule has 3 N–H and O–H groups in total. The van der Waals surface area contributed by atoms with Crippen molar-refractivity contribution >= 4 is 29.1 Å². The van der Waals surface area contributed by atoms with E-state index in [-0.39, 0.29) is 24.8 Å². The lowest BCUT2D eigenvalue weighted by atomic mass is 10.1. The molecule has 0 aromatic heterocycles. The first kappa shape index (κ1) is 21.6. The number of rotatable bonds is 11. The molecule has 0 saturated heterocycles. The number of carboxylic acid groups (broad SMARTS) is 1. The number of hydrogen-bond donors (Lipinski definition) is 3. The highest BCUT2D eigenvalue weighted by atomic mass is 32.1. The summed E-state index contributed by atoms with van der Waals surface area (Å²) in [7, 11) is 0. The Morgan fingerprint density at radius 1 is 0.929 bits per heavy atom. The summed E-state index contributed by atoms with van der Waals surface area (Å²) in [5.74, 6) is -1.30. The number of benzene rings is 2. The number of amides is 1. The van der Waals surface area contributed by atoms with Gasteiger partial charge >= 0.3 is 5.97 Å². The Balaban J connectivity index is 1.87. The van der Waals surface area contributed by atoms with Gasteiger partial charge in [-0.3, -0.25) is 9.59 Å². The van der Waals surface area contributed by atoms with Gasteiger partial charge in [0.05, 0.1) is 17.5 Å². The fourth-order valence-corrected chi connectivity index (χ4v) is 3.06. The smallest absolute Gasteiger partial charge is 0.303 e. The molecule has 2 rings (SSSR count). The maximum absolute atomic E-state index is 12.1. The summed E-state index contributed by atoms with van der Waals surface area (Å²) in [6, 6.07) is 19.6. The van der Waals surface area contributed by atoms with Crippen molar-refractivity contribution in [1.29, 1.82) is 0 Å². The lowest BCUT2D eigenvalue weighted by molar-refractivity contribution is -0.138. The minimum atomic E-state index is -0.989. The number of aryl methyl sites for hydroxylation is 1. The number of carbonyl (C=O) groups is 2. The van der Waals surface area contributed by atoms with Gasteiger partial charge in [-0.15, -0.1) is 0 Å². The lowest BCUT2D eigenvalue weighted by Crippen LogP contribution is -2.47. The van der Waals surface area contributed by atoms with Crippen LogP contribution in [0, 0.1) is 0 Å². The Kier molecular flexibility index (Phi) is 9.15. The zero-order chi connectivity index (χ0) is 20.2. The fourth-order valence-electron chi connectivity index (χ4n) is 2.82. The lowest BCUT2D eigenvalue weighted by Gasteiger charge is -2.21. The first-order valence-corrected chi connectivity index (χ1v) is 9.82. The molecule has 0 spiro atoms. The highest BCUT2D eigenvalue weighted by Crippen LogP contribution is 2.06. The van der Waals surface area contributed by atoms with Gasteiger partial charge in [0.2, 0.25) is 5.91 Å². The van der Waals surface area contributed by atoms with Gasteiger partial charge in [-0.1, -0.05) is 72.9 Å². The second kappa shape index (κ2) is 11.9. The van der Waals surface area contributed by atoms with E-state index >= 15 is 0 Å². The van der Waals surface area contributed by atoms with Gasteiger partial charge in [-0.05, 0) is 30.4 Å². The molecule has 0 radical (unpaired) electrons. The first-order valence-electron chi connectivity index (χ1n) is 9.41. The summed E-state index contributed by atoms with van der Waals surface area (Å²) in [5.41, 5.74) is 2.33. The van der Waals surface area contributed by atoms with E-state index < -0.39 is 5.97 Å². The van der Waals surface area contributed by atoms with Crippen LogP contribution >= 0.6 is 12.2 Å². The van der Waals surface area contributed by atoms with Gasteiger partial charge in [0.1, 0.15) is 0 Å². The third kappa shape index (κ3) is 8.31. The Labute approximate surface area is 171 Å². The number of thiocarbonyl (C=S) groups is 1. The van der Waals surface area contributed by atoms with Gasteiger partial charge in [0, 0.05) is 13.0 Å². The summed E-state index contributed by atoms with van der Waals surface area (Å²) in [5, 5.41) is 14.9. The molecule has 0 fully saturated rings. The van der Waals surface area contributed by atoms with Crippen LogP contribution in [0.5, 0.6) is 0 Å². The van der Waals surface area contributed by atoms with Crippen LogP contribution in [0.15, 0.2) is 60.7 Å². The van der Waals surface area contributed by atoms with E-state index in [9.17, 15) is 9.59 Å². The molecule has 2 aromatic rings. The molecule has 148 valence electrons. The number of carboxylic acids is 1. The monoisotopic (exact) mass is 398 g/mol. The summed E-state index contributed by atoms with van der Waals surface area (Å²) >= 11 is 5.52. The molecule has 1 atom stereocenters. The topological polar surface area (TPSA) is 78.4 Å². The van der Waals surface area contributed by atoms with Crippen LogP contribution in [0.25, 0.3) is 0 Å². The Bertz CT molecular complexity index is 766. The predicted octanol–water partition coefficient (Wildman–Crippen LogP) is 3.13. The minimum absolute atomic E-state index is 0.0583. The Morgan fingerprint density at radius 2 is 1.54 bits per heavy atom. The van der Waals surface area contributed by atoms with Crippen molar-refractivity contribution in [3.05, 3.63) is 71.8 Å². The summed E-state index contributed by atoms with van der Waals surface area (Å²) in [6.07, 6.45) is 2.18. The maximum Gasteiger partial charge on any atom is 0.303 e. The van der Waals surface area contributed by atoms with Crippen molar-refractivity contribution in [2.75, 3.05) is 6.54 Å². The van der Waals surface area contributed by atoms with Gasteiger partial charge in [-0.25, -0.2) is 0 Å². The van der Waals surface area contributed by atoms with Crippen LogP contribution in [0.3, 0.4) is 0 Å². The van der Waals surface area contributed by atoms with Crippen molar-refractivity contribution in [3.8, 4) is 0 Å². The quantitative estimate of drug-likeness (QED) is 0.400. The minimum Gasteiger partial charge on any atom is -0.481 e. The van der Waals surface area contributed by atoms with E-state index in [1.165, 1.54) is 5.56 Å². The molecular formula is C22H26N2O3S. The molecule has 0 saturated carbocycles. The normalized spacial score (nSPS) is 11.4. The van der Waals surface area contributed by atoms with Crippen molar-refractivity contribution in [2.45, 2.75) is 38.1 Å². The van der Waals surface area contributed by atoms with Crippen molar-refractivity contribution in [1.82, 2.24) is 10.6 Å². The van der Waals surface area contributed by atoms with Crippen LogP contribution in [0.4, 0.5) is 0 Å². The molecule has 0 bridgehead atoms. The van der Waals surface area contributed by atoms with Crippen LogP contribution < -0.4 is 10.6 Å². The second-order valence-electron chi connectivity index (χ2n) is 6.58. The van der Waals surface area contributed by atoms with Gasteiger partial charge in [0.15, 0.2) is 0 Å². The third-order valence-corrected chi connectivity index (χ3v) is 4.71. The van der Waals surface area contributed by atoms with Crippen molar-refractivity contribution in [3.63, 3.8) is 0 Å². The largest absolute Gasteiger partial charge is 0.481 e. The zero-order valence-corrected chi connectivity index (χ0v) is 16.6. The third-order valence-electron chi connectivity index (χ3n) is 4.28. The van der Waals surface area contributed by atoms with Crippen molar-refractivity contribution in [2.24, 2.45) is 0 Å². The number of hydrogen-bond acceptors (Lipinski definition) is 3.